The lowest BCUT2D eigenvalue weighted by Gasteiger charge is -2.20. The number of hydrogen-bond donors (Lipinski definition) is 1. The van der Waals surface area contributed by atoms with Crippen LogP contribution in [0.4, 0.5) is 8.78 Å². The zero-order valence-electron chi connectivity index (χ0n) is 11.6. The van der Waals surface area contributed by atoms with Crippen molar-refractivity contribution >= 4 is 11.6 Å². The molecule has 0 saturated heterocycles. The van der Waals surface area contributed by atoms with Crippen LogP contribution in [-0.2, 0) is 0 Å². The van der Waals surface area contributed by atoms with Crippen LogP contribution in [0.3, 0.4) is 0 Å². The van der Waals surface area contributed by atoms with Crippen molar-refractivity contribution in [3.63, 3.8) is 0 Å². The van der Waals surface area contributed by atoms with Gasteiger partial charge < -0.3 is 5.32 Å². The maximum absolute atomic E-state index is 14.3. The number of benzene rings is 2. The third kappa shape index (κ3) is 2.69. The molecule has 0 saturated carbocycles. The summed E-state index contributed by atoms with van der Waals surface area (Å²) in [6, 6.07) is 7.53. The second-order valence-corrected chi connectivity index (χ2v) is 5.23. The van der Waals surface area contributed by atoms with Gasteiger partial charge in [0, 0.05) is 10.6 Å². The molecule has 20 heavy (non-hydrogen) atoms. The van der Waals surface area contributed by atoms with E-state index < -0.39 is 17.7 Å². The Balaban J connectivity index is 2.58. The Kier molecular flexibility index (Phi) is 4.41. The first-order valence-corrected chi connectivity index (χ1v) is 6.71. The zero-order valence-corrected chi connectivity index (χ0v) is 12.4. The van der Waals surface area contributed by atoms with Crippen LogP contribution in [0.15, 0.2) is 30.3 Å². The summed E-state index contributed by atoms with van der Waals surface area (Å²) in [7, 11) is 1.68. The van der Waals surface area contributed by atoms with Crippen molar-refractivity contribution in [1.29, 1.82) is 0 Å². The maximum atomic E-state index is 14.3. The zero-order chi connectivity index (χ0) is 14.9. The van der Waals surface area contributed by atoms with Gasteiger partial charge in [0.1, 0.15) is 11.6 Å². The molecule has 0 radical (unpaired) electrons. The minimum Gasteiger partial charge on any atom is -0.309 e. The second-order valence-electron chi connectivity index (χ2n) is 4.82. The third-order valence-electron chi connectivity index (χ3n) is 3.41. The third-order valence-corrected chi connectivity index (χ3v) is 3.84. The van der Waals surface area contributed by atoms with Crippen LogP contribution < -0.4 is 5.32 Å². The van der Waals surface area contributed by atoms with E-state index in [2.05, 4.69) is 5.32 Å². The summed E-state index contributed by atoms with van der Waals surface area (Å²) < 4.78 is 28.3. The molecule has 1 atom stereocenters. The highest BCUT2D eigenvalue weighted by atomic mass is 35.5. The molecule has 0 spiro atoms. The standard InChI is InChI=1S/C16H16ClF2N/c1-9-4-7-13(18)14(15(9)19)16(20-3)11-5-6-12(17)10(2)8-11/h4-8,16,20H,1-3H3. The second kappa shape index (κ2) is 5.90. The molecule has 0 heterocycles. The van der Waals surface area contributed by atoms with Gasteiger partial charge in [0.2, 0.25) is 0 Å². The normalized spacial score (nSPS) is 12.5. The molecule has 1 nitrogen and oxygen atoms in total. The largest absolute Gasteiger partial charge is 0.309 e. The first-order chi connectivity index (χ1) is 9.45. The Morgan fingerprint density at radius 3 is 2.35 bits per heavy atom. The predicted molar refractivity (Wildman–Crippen MR) is 78.2 cm³/mol. The molecule has 0 aliphatic rings. The van der Waals surface area contributed by atoms with Gasteiger partial charge in [0.05, 0.1) is 6.04 Å². The Morgan fingerprint density at radius 1 is 1.05 bits per heavy atom. The molecular formula is C16H16ClF2N. The van der Waals surface area contributed by atoms with Crippen LogP contribution in [0, 0.1) is 25.5 Å². The van der Waals surface area contributed by atoms with E-state index in [-0.39, 0.29) is 5.56 Å². The Bertz CT molecular complexity index is 641. The van der Waals surface area contributed by atoms with Crippen molar-refractivity contribution in [1.82, 2.24) is 5.32 Å². The van der Waals surface area contributed by atoms with Gasteiger partial charge in [-0.1, -0.05) is 29.8 Å². The minimum atomic E-state index is -0.556. The summed E-state index contributed by atoms with van der Waals surface area (Å²) in [6.45, 7) is 3.49. The van der Waals surface area contributed by atoms with Crippen LogP contribution in [0.1, 0.15) is 28.3 Å². The number of nitrogens with one attached hydrogen (secondary N) is 1. The first-order valence-electron chi connectivity index (χ1n) is 6.33. The summed E-state index contributed by atoms with van der Waals surface area (Å²) in [5.41, 5.74) is 2.11. The molecule has 4 heteroatoms. The van der Waals surface area contributed by atoms with E-state index in [1.165, 1.54) is 12.1 Å². The molecule has 0 aliphatic carbocycles. The highest BCUT2D eigenvalue weighted by molar-refractivity contribution is 6.31. The molecule has 0 bridgehead atoms. The van der Waals surface area contributed by atoms with Crippen LogP contribution >= 0.6 is 11.6 Å². The molecular weight excluding hydrogens is 280 g/mol. The Hall–Kier alpha value is -1.45. The summed E-state index contributed by atoms with van der Waals surface area (Å²) in [4.78, 5) is 0. The summed E-state index contributed by atoms with van der Waals surface area (Å²) in [6.07, 6.45) is 0. The van der Waals surface area contributed by atoms with E-state index in [1.54, 1.807) is 26.1 Å². The molecule has 0 amide bonds. The van der Waals surface area contributed by atoms with Crippen molar-refractivity contribution in [2.75, 3.05) is 7.05 Å². The molecule has 0 aliphatic heterocycles. The highest BCUT2D eigenvalue weighted by Crippen LogP contribution is 2.30. The van der Waals surface area contributed by atoms with E-state index in [0.717, 1.165) is 11.1 Å². The maximum Gasteiger partial charge on any atom is 0.134 e. The lowest BCUT2D eigenvalue weighted by atomic mass is 9.95. The molecule has 106 valence electrons. The summed E-state index contributed by atoms with van der Waals surface area (Å²) in [5.74, 6) is -1.07. The van der Waals surface area contributed by atoms with Gasteiger partial charge in [0.25, 0.3) is 0 Å². The van der Waals surface area contributed by atoms with Gasteiger partial charge in [0.15, 0.2) is 0 Å². The van der Waals surface area contributed by atoms with Gasteiger partial charge in [-0.05, 0) is 49.7 Å². The number of aryl methyl sites for hydroxylation is 2. The average molecular weight is 296 g/mol. The van der Waals surface area contributed by atoms with E-state index in [1.807, 2.05) is 13.0 Å². The molecule has 1 unspecified atom stereocenters. The van der Waals surface area contributed by atoms with Crippen LogP contribution in [0.5, 0.6) is 0 Å². The lowest BCUT2D eigenvalue weighted by Crippen LogP contribution is -2.21. The minimum absolute atomic E-state index is 0.0363. The molecule has 0 aromatic heterocycles. The molecule has 0 fully saturated rings. The van der Waals surface area contributed by atoms with E-state index in [0.29, 0.717) is 10.6 Å². The summed E-state index contributed by atoms with van der Waals surface area (Å²) in [5, 5.41) is 3.60. The first kappa shape index (κ1) is 14.9. The van der Waals surface area contributed by atoms with Crippen molar-refractivity contribution in [3.05, 3.63) is 69.2 Å². The van der Waals surface area contributed by atoms with Gasteiger partial charge in [-0.25, -0.2) is 8.78 Å². The number of rotatable bonds is 3. The molecule has 2 aromatic carbocycles. The van der Waals surface area contributed by atoms with Gasteiger partial charge >= 0.3 is 0 Å². The fourth-order valence-corrected chi connectivity index (χ4v) is 2.39. The average Bonchev–Trinajstić information content (AvgIpc) is 2.42. The predicted octanol–water partition coefficient (Wildman–Crippen LogP) is 4.54. The summed E-state index contributed by atoms with van der Waals surface area (Å²) >= 11 is 5.99. The number of hydrogen-bond acceptors (Lipinski definition) is 1. The van der Waals surface area contributed by atoms with Crippen molar-refractivity contribution in [2.24, 2.45) is 0 Å². The quantitative estimate of drug-likeness (QED) is 0.876. The van der Waals surface area contributed by atoms with Gasteiger partial charge in [-0.2, -0.15) is 0 Å². The fraction of sp³-hybridized carbons (Fsp3) is 0.250. The van der Waals surface area contributed by atoms with E-state index in [9.17, 15) is 8.78 Å². The Labute approximate surface area is 122 Å². The van der Waals surface area contributed by atoms with Crippen LogP contribution in [-0.4, -0.2) is 7.05 Å². The SMILES string of the molecule is CNC(c1ccc(Cl)c(C)c1)c1c(F)ccc(C)c1F. The van der Waals surface area contributed by atoms with Crippen molar-refractivity contribution in [3.8, 4) is 0 Å². The lowest BCUT2D eigenvalue weighted by molar-refractivity contribution is 0.517. The molecule has 2 rings (SSSR count). The Morgan fingerprint density at radius 2 is 1.75 bits per heavy atom. The van der Waals surface area contributed by atoms with Gasteiger partial charge in [-0.15, -0.1) is 0 Å². The molecule has 2 aromatic rings. The highest BCUT2D eigenvalue weighted by Gasteiger charge is 2.22. The van der Waals surface area contributed by atoms with Crippen LogP contribution in [0.25, 0.3) is 0 Å². The molecule has 1 N–H and O–H groups in total. The van der Waals surface area contributed by atoms with E-state index in [4.69, 9.17) is 11.6 Å². The van der Waals surface area contributed by atoms with Crippen LogP contribution in [0.2, 0.25) is 5.02 Å². The topological polar surface area (TPSA) is 12.0 Å². The van der Waals surface area contributed by atoms with Crippen molar-refractivity contribution < 1.29 is 8.78 Å². The fourth-order valence-electron chi connectivity index (χ4n) is 2.27. The van der Waals surface area contributed by atoms with Crippen molar-refractivity contribution in [2.45, 2.75) is 19.9 Å². The smallest absolute Gasteiger partial charge is 0.134 e. The van der Waals surface area contributed by atoms with Gasteiger partial charge in [-0.3, -0.25) is 0 Å². The monoisotopic (exact) mass is 295 g/mol. The van der Waals surface area contributed by atoms with E-state index >= 15 is 0 Å². The number of halogens is 3.